The third kappa shape index (κ3) is 4.29. The Bertz CT molecular complexity index is 1370. The van der Waals surface area contributed by atoms with Crippen molar-refractivity contribution in [3.05, 3.63) is 91.8 Å². The average Bonchev–Trinajstić information content (AvgIpc) is 3.10. The molecule has 1 N–H and O–H groups in total. The Balaban J connectivity index is 1.55. The molecular weight excluding hydrogens is 466 g/mol. The van der Waals surface area contributed by atoms with Gasteiger partial charge in [0, 0.05) is 29.1 Å². The predicted molar refractivity (Wildman–Crippen MR) is 118 cm³/mol. The molecule has 1 amide bonds. The first-order chi connectivity index (χ1) is 15.0. The largest absolute Gasteiger partial charge is 0.497 e. The molecule has 0 saturated carbocycles. The topological polar surface area (TPSA) is 99.6 Å². The summed E-state index contributed by atoms with van der Waals surface area (Å²) < 4.78 is 9.54. The Kier molecular flexibility index (Phi) is 5.72. The third-order valence-electron chi connectivity index (χ3n) is 4.67. The first-order valence-electron chi connectivity index (χ1n) is 9.32. The zero-order valence-corrected chi connectivity index (χ0v) is 18.1. The summed E-state index contributed by atoms with van der Waals surface area (Å²) in [6, 6.07) is 14.4. The van der Waals surface area contributed by atoms with E-state index in [4.69, 9.17) is 4.74 Å². The number of amides is 1. The number of hydrogen-bond acceptors (Lipinski definition) is 5. The Labute approximate surface area is 184 Å². The molecule has 2 aromatic carbocycles. The van der Waals surface area contributed by atoms with E-state index in [0.717, 1.165) is 19.1 Å². The van der Waals surface area contributed by atoms with E-state index in [1.807, 2.05) is 36.4 Å². The van der Waals surface area contributed by atoms with Gasteiger partial charge >= 0.3 is 11.2 Å². The molecule has 2 heterocycles. The molecule has 0 spiro atoms. The van der Waals surface area contributed by atoms with Crippen LogP contribution >= 0.6 is 15.9 Å². The van der Waals surface area contributed by atoms with Crippen LogP contribution in [0, 0.1) is 0 Å². The fraction of sp³-hybridized carbons (Fsp3) is 0.143. The second kappa shape index (κ2) is 8.60. The minimum atomic E-state index is -0.563. The van der Waals surface area contributed by atoms with Gasteiger partial charge in [0.05, 0.1) is 7.11 Å². The van der Waals surface area contributed by atoms with Crippen molar-refractivity contribution in [1.82, 2.24) is 24.1 Å². The number of methoxy groups -OCH3 is 1. The lowest BCUT2D eigenvalue weighted by Crippen LogP contribution is -2.32. The van der Waals surface area contributed by atoms with Crippen molar-refractivity contribution in [2.45, 2.75) is 13.1 Å². The van der Waals surface area contributed by atoms with Crippen molar-refractivity contribution in [1.29, 1.82) is 0 Å². The van der Waals surface area contributed by atoms with E-state index in [-0.39, 0.29) is 18.7 Å². The van der Waals surface area contributed by atoms with Gasteiger partial charge in [-0.05, 0) is 42.0 Å². The van der Waals surface area contributed by atoms with E-state index in [0.29, 0.717) is 11.4 Å². The number of halogens is 1. The lowest BCUT2D eigenvalue weighted by atomic mass is 10.2. The minimum absolute atomic E-state index is 0.0592. The normalized spacial score (nSPS) is 10.9. The molecule has 0 aliphatic rings. The van der Waals surface area contributed by atoms with Crippen molar-refractivity contribution in [2.24, 2.45) is 0 Å². The second-order valence-electron chi connectivity index (χ2n) is 6.71. The molecule has 0 radical (unpaired) electrons. The molecule has 0 fully saturated rings. The lowest BCUT2D eigenvalue weighted by molar-refractivity contribution is -0.122. The summed E-state index contributed by atoms with van der Waals surface area (Å²) in [5.74, 6) is 0.284. The highest BCUT2D eigenvalue weighted by atomic mass is 79.9. The highest BCUT2D eigenvalue weighted by Crippen LogP contribution is 2.13. The molecule has 2 aromatic heterocycles. The molecule has 158 valence electrons. The van der Waals surface area contributed by atoms with Gasteiger partial charge in [0.15, 0.2) is 0 Å². The SMILES string of the molecule is COc1cccc(CNC(=O)Cn2nc3c(=O)n(-c4ccc(Br)cc4)ccn3c2=O)c1. The summed E-state index contributed by atoms with van der Waals surface area (Å²) >= 11 is 3.35. The predicted octanol–water partition coefficient (Wildman–Crippen LogP) is 1.73. The maximum atomic E-state index is 12.8. The summed E-state index contributed by atoms with van der Waals surface area (Å²) in [5.41, 5.74) is 0.404. The van der Waals surface area contributed by atoms with Crippen LogP contribution in [-0.2, 0) is 17.9 Å². The Hall–Kier alpha value is -3.66. The maximum absolute atomic E-state index is 12.8. The minimum Gasteiger partial charge on any atom is -0.497 e. The molecule has 0 bridgehead atoms. The number of ether oxygens (including phenoxy) is 1. The molecule has 31 heavy (non-hydrogen) atoms. The lowest BCUT2D eigenvalue weighted by Gasteiger charge is -2.06. The third-order valence-corrected chi connectivity index (χ3v) is 5.20. The van der Waals surface area contributed by atoms with Gasteiger partial charge in [-0.25, -0.2) is 13.9 Å². The highest BCUT2D eigenvalue weighted by molar-refractivity contribution is 9.10. The number of hydrogen-bond donors (Lipinski definition) is 1. The van der Waals surface area contributed by atoms with Crippen molar-refractivity contribution >= 4 is 27.5 Å². The number of carbonyl (C=O) groups is 1. The second-order valence-corrected chi connectivity index (χ2v) is 7.63. The van der Waals surface area contributed by atoms with Crippen molar-refractivity contribution in [2.75, 3.05) is 7.11 Å². The average molecular weight is 484 g/mol. The maximum Gasteiger partial charge on any atom is 0.351 e. The molecule has 0 saturated heterocycles. The molecular formula is C21H18BrN5O4. The molecule has 0 unspecified atom stereocenters. The molecule has 10 heteroatoms. The number of aromatic nitrogens is 4. The Morgan fingerprint density at radius 2 is 1.90 bits per heavy atom. The van der Waals surface area contributed by atoms with Crippen LogP contribution in [0.1, 0.15) is 5.56 Å². The number of fused-ring (bicyclic) bond motifs is 1. The van der Waals surface area contributed by atoms with Gasteiger partial charge < -0.3 is 10.1 Å². The number of nitrogens with one attached hydrogen (secondary N) is 1. The monoisotopic (exact) mass is 483 g/mol. The zero-order valence-electron chi connectivity index (χ0n) is 16.5. The quantitative estimate of drug-likeness (QED) is 0.450. The van der Waals surface area contributed by atoms with E-state index >= 15 is 0 Å². The molecule has 0 aliphatic heterocycles. The summed E-state index contributed by atoms with van der Waals surface area (Å²) in [6.07, 6.45) is 2.95. The van der Waals surface area contributed by atoms with Crippen LogP contribution < -0.4 is 21.3 Å². The van der Waals surface area contributed by atoms with Gasteiger partial charge in [-0.1, -0.05) is 28.1 Å². The fourth-order valence-electron chi connectivity index (χ4n) is 3.09. The van der Waals surface area contributed by atoms with Gasteiger partial charge in [0.25, 0.3) is 0 Å². The van der Waals surface area contributed by atoms with Crippen LogP contribution in [0.5, 0.6) is 5.75 Å². The van der Waals surface area contributed by atoms with E-state index < -0.39 is 17.2 Å². The summed E-state index contributed by atoms with van der Waals surface area (Å²) in [6.45, 7) is -0.0310. The van der Waals surface area contributed by atoms with E-state index in [1.165, 1.54) is 17.0 Å². The van der Waals surface area contributed by atoms with Gasteiger partial charge in [0.1, 0.15) is 12.3 Å². The van der Waals surface area contributed by atoms with Crippen LogP contribution in [-0.4, -0.2) is 31.8 Å². The number of nitrogens with zero attached hydrogens (tertiary/aromatic N) is 4. The first kappa shape index (κ1) is 20.6. The van der Waals surface area contributed by atoms with Crippen molar-refractivity contribution in [3.8, 4) is 11.4 Å². The van der Waals surface area contributed by atoms with E-state index in [2.05, 4.69) is 26.3 Å². The van der Waals surface area contributed by atoms with E-state index in [9.17, 15) is 14.4 Å². The van der Waals surface area contributed by atoms with E-state index in [1.54, 1.807) is 19.2 Å². The number of rotatable bonds is 6. The Morgan fingerprint density at radius 1 is 1.13 bits per heavy atom. The Morgan fingerprint density at radius 3 is 2.65 bits per heavy atom. The van der Waals surface area contributed by atoms with Crippen LogP contribution in [0.4, 0.5) is 0 Å². The van der Waals surface area contributed by atoms with Crippen LogP contribution in [0.3, 0.4) is 0 Å². The molecule has 0 atom stereocenters. The van der Waals surface area contributed by atoms with Crippen LogP contribution in [0.2, 0.25) is 0 Å². The van der Waals surface area contributed by atoms with Gasteiger partial charge in [0.2, 0.25) is 11.6 Å². The molecule has 4 rings (SSSR count). The highest BCUT2D eigenvalue weighted by Gasteiger charge is 2.15. The summed E-state index contributed by atoms with van der Waals surface area (Å²) in [7, 11) is 1.57. The first-order valence-corrected chi connectivity index (χ1v) is 10.1. The fourth-order valence-corrected chi connectivity index (χ4v) is 3.36. The van der Waals surface area contributed by atoms with Crippen molar-refractivity contribution < 1.29 is 9.53 Å². The van der Waals surface area contributed by atoms with Crippen molar-refractivity contribution in [3.63, 3.8) is 0 Å². The number of carbonyl (C=O) groups excluding carboxylic acids is 1. The zero-order chi connectivity index (χ0) is 22.0. The van der Waals surface area contributed by atoms with Crippen LogP contribution in [0.25, 0.3) is 11.3 Å². The molecule has 9 nitrogen and oxygen atoms in total. The molecule has 0 aliphatic carbocycles. The summed E-state index contributed by atoms with van der Waals surface area (Å²) in [5, 5.41) is 6.82. The van der Waals surface area contributed by atoms with Crippen LogP contribution in [0.15, 0.2) is 75.0 Å². The van der Waals surface area contributed by atoms with Gasteiger partial charge in [-0.2, -0.15) is 0 Å². The van der Waals surface area contributed by atoms with Gasteiger partial charge in [-0.3, -0.25) is 14.2 Å². The standard InChI is InChI=1S/C21H18BrN5O4/c1-31-17-4-2-3-14(11-17)12-23-18(28)13-27-21(30)26-10-9-25(20(29)19(26)24-27)16-7-5-15(22)6-8-16/h2-11H,12-13H2,1H3,(H,23,28). The smallest absolute Gasteiger partial charge is 0.351 e. The number of benzene rings is 2. The van der Waals surface area contributed by atoms with Gasteiger partial charge in [-0.15, -0.1) is 5.10 Å². The summed E-state index contributed by atoms with van der Waals surface area (Å²) in [4.78, 5) is 37.8. The molecule has 4 aromatic rings.